The van der Waals surface area contributed by atoms with Crippen molar-refractivity contribution in [2.45, 2.75) is 0 Å². The zero-order chi connectivity index (χ0) is 18.9. The van der Waals surface area contributed by atoms with Gasteiger partial charge in [0.2, 0.25) is 0 Å². The lowest BCUT2D eigenvalue weighted by Crippen LogP contribution is -2.32. The molecule has 2 aromatic rings. The van der Waals surface area contributed by atoms with E-state index in [0.717, 1.165) is 0 Å². The molecule has 0 aliphatic rings. The highest BCUT2D eigenvalue weighted by Gasteiger charge is 2.15. The quantitative estimate of drug-likeness (QED) is 0.341. The Morgan fingerprint density at radius 2 is 1.88 bits per heavy atom. The summed E-state index contributed by atoms with van der Waals surface area (Å²) in [6.07, 6.45) is 2.98. The second kappa shape index (κ2) is 9.60. The summed E-state index contributed by atoms with van der Waals surface area (Å²) >= 11 is 11.8. The van der Waals surface area contributed by atoms with Gasteiger partial charge in [0.1, 0.15) is 12.4 Å². The SMILES string of the molecule is C=CCOc1ccccc1/C=N\NC(=O)C(=O)Nc1cccc(Cl)c1Cl. The van der Waals surface area contributed by atoms with Crippen LogP contribution >= 0.6 is 23.2 Å². The smallest absolute Gasteiger partial charge is 0.329 e. The summed E-state index contributed by atoms with van der Waals surface area (Å²) < 4.78 is 5.47. The lowest BCUT2D eigenvalue weighted by Gasteiger charge is -2.07. The zero-order valence-corrected chi connectivity index (χ0v) is 15.1. The third kappa shape index (κ3) is 5.34. The van der Waals surface area contributed by atoms with Crippen molar-refractivity contribution < 1.29 is 14.3 Å². The van der Waals surface area contributed by atoms with Gasteiger partial charge >= 0.3 is 11.8 Å². The molecule has 0 heterocycles. The van der Waals surface area contributed by atoms with E-state index >= 15 is 0 Å². The van der Waals surface area contributed by atoms with Gasteiger partial charge in [0, 0.05) is 5.56 Å². The zero-order valence-electron chi connectivity index (χ0n) is 13.5. The summed E-state index contributed by atoms with van der Waals surface area (Å²) in [4.78, 5) is 23.7. The molecular weight excluding hydrogens is 377 g/mol. The minimum Gasteiger partial charge on any atom is -0.489 e. The number of carbonyl (C=O) groups excluding carboxylic acids is 2. The number of hydrogen-bond acceptors (Lipinski definition) is 4. The number of nitrogens with zero attached hydrogens (tertiary/aromatic N) is 1. The normalized spacial score (nSPS) is 10.4. The van der Waals surface area contributed by atoms with E-state index in [0.29, 0.717) is 17.9 Å². The van der Waals surface area contributed by atoms with Crippen LogP contribution in [-0.4, -0.2) is 24.6 Å². The minimum atomic E-state index is -0.957. The molecule has 6 nitrogen and oxygen atoms in total. The van der Waals surface area contributed by atoms with E-state index in [1.165, 1.54) is 12.3 Å². The van der Waals surface area contributed by atoms with Gasteiger partial charge in [-0.3, -0.25) is 9.59 Å². The molecular formula is C18H15Cl2N3O3. The molecule has 0 atom stereocenters. The fraction of sp³-hybridized carbons (Fsp3) is 0.0556. The largest absolute Gasteiger partial charge is 0.489 e. The first-order valence-corrected chi connectivity index (χ1v) is 8.19. The van der Waals surface area contributed by atoms with E-state index in [2.05, 4.69) is 22.4 Å². The molecule has 2 amide bonds. The number of halogens is 2. The van der Waals surface area contributed by atoms with Gasteiger partial charge in [-0.15, -0.1) is 0 Å². The Balaban J connectivity index is 1.98. The summed E-state index contributed by atoms with van der Waals surface area (Å²) in [7, 11) is 0. The highest BCUT2D eigenvalue weighted by Crippen LogP contribution is 2.29. The van der Waals surface area contributed by atoms with Crippen molar-refractivity contribution in [3.05, 3.63) is 70.7 Å². The topological polar surface area (TPSA) is 79.8 Å². The van der Waals surface area contributed by atoms with Crippen LogP contribution < -0.4 is 15.5 Å². The van der Waals surface area contributed by atoms with Crippen LogP contribution in [0, 0.1) is 0 Å². The van der Waals surface area contributed by atoms with Gasteiger partial charge in [0.05, 0.1) is 21.9 Å². The molecule has 0 radical (unpaired) electrons. The lowest BCUT2D eigenvalue weighted by molar-refractivity contribution is -0.136. The van der Waals surface area contributed by atoms with Crippen molar-refractivity contribution in [1.82, 2.24) is 5.43 Å². The van der Waals surface area contributed by atoms with Crippen molar-refractivity contribution in [3.8, 4) is 5.75 Å². The minimum absolute atomic E-state index is 0.145. The first kappa shape index (κ1) is 19.5. The van der Waals surface area contributed by atoms with Gasteiger partial charge in [-0.1, -0.05) is 54.1 Å². The van der Waals surface area contributed by atoms with E-state index in [1.54, 1.807) is 42.5 Å². The second-order valence-electron chi connectivity index (χ2n) is 4.89. The van der Waals surface area contributed by atoms with Crippen LogP contribution in [0.15, 0.2) is 60.2 Å². The average Bonchev–Trinajstić information content (AvgIpc) is 2.64. The van der Waals surface area contributed by atoms with Gasteiger partial charge in [-0.25, -0.2) is 5.43 Å². The summed E-state index contributed by atoms with van der Waals surface area (Å²) in [5, 5.41) is 6.53. The number of ether oxygens (including phenoxy) is 1. The van der Waals surface area contributed by atoms with Crippen LogP contribution in [0.25, 0.3) is 0 Å². The van der Waals surface area contributed by atoms with Gasteiger partial charge < -0.3 is 10.1 Å². The maximum absolute atomic E-state index is 11.9. The molecule has 0 aliphatic heterocycles. The molecule has 8 heteroatoms. The lowest BCUT2D eigenvalue weighted by atomic mass is 10.2. The van der Waals surface area contributed by atoms with Crippen molar-refractivity contribution in [2.75, 3.05) is 11.9 Å². The van der Waals surface area contributed by atoms with Gasteiger partial charge in [-0.05, 0) is 24.3 Å². The number of rotatable bonds is 6. The Bertz CT molecular complexity index is 853. The van der Waals surface area contributed by atoms with E-state index in [-0.39, 0.29) is 15.7 Å². The number of amides is 2. The van der Waals surface area contributed by atoms with Crippen molar-refractivity contribution in [2.24, 2.45) is 5.10 Å². The molecule has 2 aromatic carbocycles. The fourth-order valence-electron chi connectivity index (χ4n) is 1.86. The van der Waals surface area contributed by atoms with Crippen molar-refractivity contribution in [3.63, 3.8) is 0 Å². The molecule has 134 valence electrons. The summed E-state index contributed by atoms with van der Waals surface area (Å²) in [5.41, 5.74) is 3.00. The van der Waals surface area contributed by atoms with Crippen LogP contribution in [-0.2, 0) is 9.59 Å². The van der Waals surface area contributed by atoms with E-state index in [4.69, 9.17) is 27.9 Å². The number of hydrazone groups is 1. The Morgan fingerprint density at radius 1 is 1.12 bits per heavy atom. The van der Waals surface area contributed by atoms with Gasteiger partial charge in [0.15, 0.2) is 0 Å². The van der Waals surface area contributed by atoms with Crippen LogP contribution in [0.4, 0.5) is 5.69 Å². The molecule has 0 bridgehead atoms. The average molecular weight is 392 g/mol. The molecule has 0 spiro atoms. The number of benzene rings is 2. The predicted molar refractivity (Wildman–Crippen MR) is 103 cm³/mol. The predicted octanol–water partition coefficient (Wildman–Crippen LogP) is 3.65. The maximum atomic E-state index is 11.9. The molecule has 0 unspecified atom stereocenters. The number of nitrogens with one attached hydrogen (secondary N) is 2. The fourth-order valence-corrected chi connectivity index (χ4v) is 2.21. The van der Waals surface area contributed by atoms with Crippen LogP contribution in [0.5, 0.6) is 5.75 Å². The highest BCUT2D eigenvalue weighted by atomic mass is 35.5. The van der Waals surface area contributed by atoms with Crippen molar-refractivity contribution in [1.29, 1.82) is 0 Å². The van der Waals surface area contributed by atoms with Crippen LogP contribution in [0.1, 0.15) is 5.56 Å². The van der Waals surface area contributed by atoms with E-state index < -0.39 is 11.8 Å². The second-order valence-corrected chi connectivity index (χ2v) is 5.68. The van der Waals surface area contributed by atoms with Crippen LogP contribution in [0.2, 0.25) is 10.0 Å². The monoisotopic (exact) mass is 391 g/mol. The number of anilines is 1. The Morgan fingerprint density at radius 3 is 2.65 bits per heavy atom. The molecule has 0 saturated heterocycles. The number of hydrogen-bond donors (Lipinski definition) is 2. The molecule has 0 fully saturated rings. The third-order valence-corrected chi connectivity index (χ3v) is 3.87. The number of para-hydroxylation sites is 1. The molecule has 0 aliphatic carbocycles. The molecule has 0 saturated carbocycles. The summed E-state index contributed by atoms with van der Waals surface area (Å²) in [5.74, 6) is -1.31. The Labute approximate surface area is 160 Å². The molecule has 0 aromatic heterocycles. The summed E-state index contributed by atoms with van der Waals surface area (Å²) in [6, 6.07) is 11.8. The van der Waals surface area contributed by atoms with Gasteiger partial charge in [0.25, 0.3) is 0 Å². The van der Waals surface area contributed by atoms with Gasteiger partial charge in [-0.2, -0.15) is 5.10 Å². The first-order chi connectivity index (χ1) is 12.5. The maximum Gasteiger partial charge on any atom is 0.329 e. The van der Waals surface area contributed by atoms with E-state index in [1.807, 2.05) is 0 Å². The third-order valence-electron chi connectivity index (χ3n) is 3.05. The van der Waals surface area contributed by atoms with Crippen molar-refractivity contribution >= 4 is 46.9 Å². The number of carbonyl (C=O) groups is 2. The molecule has 26 heavy (non-hydrogen) atoms. The first-order valence-electron chi connectivity index (χ1n) is 7.44. The summed E-state index contributed by atoms with van der Waals surface area (Å²) in [6.45, 7) is 3.91. The van der Waals surface area contributed by atoms with Crippen LogP contribution in [0.3, 0.4) is 0 Å². The standard InChI is InChI=1S/C18H15Cl2N3O3/c1-2-10-26-15-9-4-3-6-12(15)11-21-23-18(25)17(24)22-14-8-5-7-13(19)16(14)20/h2-9,11H,1,10H2,(H,22,24)(H,23,25)/b21-11-. The molecule has 2 rings (SSSR count). The highest BCUT2D eigenvalue weighted by molar-refractivity contribution is 6.45. The Kier molecular flexibility index (Phi) is 7.20. The Hall–Kier alpha value is -2.83. The molecule has 2 N–H and O–H groups in total. The van der Waals surface area contributed by atoms with E-state index in [9.17, 15) is 9.59 Å².